The first kappa shape index (κ1) is 25.3. The van der Waals surface area contributed by atoms with Gasteiger partial charge in [0.05, 0.1) is 6.61 Å². The van der Waals surface area contributed by atoms with E-state index in [9.17, 15) is 0 Å². The van der Waals surface area contributed by atoms with Crippen LogP contribution in [0.4, 0.5) is 0 Å². The van der Waals surface area contributed by atoms with E-state index in [-0.39, 0.29) is 0 Å². The molecule has 1 nitrogen and oxygen atoms in total. The van der Waals surface area contributed by atoms with E-state index in [1.54, 1.807) is 0 Å². The lowest BCUT2D eigenvalue weighted by Crippen LogP contribution is -2.00. The van der Waals surface area contributed by atoms with Gasteiger partial charge in [0.1, 0.15) is 5.75 Å². The lowest BCUT2D eigenvalue weighted by Gasteiger charge is -2.17. The summed E-state index contributed by atoms with van der Waals surface area (Å²) in [7, 11) is 0. The molecule has 37 heavy (non-hydrogen) atoms. The summed E-state index contributed by atoms with van der Waals surface area (Å²) in [6.07, 6.45) is 13.4. The Kier molecular flexibility index (Phi) is 8.74. The van der Waals surface area contributed by atoms with Crippen LogP contribution in [0.2, 0.25) is 0 Å². The van der Waals surface area contributed by atoms with E-state index in [4.69, 9.17) is 4.74 Å². The van der Waals surface area contributed by atoms with Crippen LogP contribution in [0.15, 0.2) is 91.0 Å². The van der Waals surface area contributed by atoms with Gasteiger partial charge in [-0.25, -0.2) is 0 Å². The van der Waals surface area contributed by atoms with Gasteiger partial charge in [-0.1, -0.05) is 138 Å². The fourth-order valence-corrected chi connectivity index (χ4v) is 5.61. The molecule has 0 amide bonds. The van der Waals surface area contributed by atoms with E-state index < -0.39 is 0 Å². The second kappa shape index (κ2) is 12.8. The van der Waals surface area contributed by atoms with Crippen molar-refractivity contribution in [2.45, 2.75) is 71.1 Å². The molecule has 0 N–H and O–H groups in total. The van der Waals surface area contributed by atoms with Crippen LogP contribution in [-0.2, 0) is 0 Å². The van der Waals surface area contributed by atoms with Crippen LogP contribution in [0.5, 0.6) is 5.75 Å². The molecule has 0 atom stereocenters. The van der Waals surface area contributed by atoms with Gasteiger partial charge in [0.2, 0.25) is 0 Å². The Labute approximate surface area is 222 Å². The van der Waals surface area contributed by atoms with Gasteiger partial charge < -0.3 is 4.74 Å². The second-order valence-corrected chi connectivity index (χ2v) is 10.4. The molecule has 190 valence electrons. The molecule has 0 aromatic heterocycles. The molecule has 0 radical (unpaired) electrons. The number of benzene rings is 5. The number of fused-ring (bicyclic) bond motifs is 3. The van der Waals surface area contributed by atoms with Crippen LogP contribution < -0.4 is 4.74 Å². The fraction of sp³-hybridized carbons (Fsp3) is 0.333. The number of hydrogen-bond acceptors (Lipinski definition) is 1. The van der Waals surface area contributed by atoms with Gasteiger partial charge in [0.25, 0.3) is 0 Å². The Morgan fingerprint density at radius 3 is 1.86 bits per heavy atom. The van der Waals surface area contributed by atoms with Crippen molar-refractivity contribution in [3.8, 4) is 16.9 Å². The summed E-state index contributed by atoms with van der Waals surface area (Å²) >= 11 is 0. The van der Waals surface area contributed by atoms with Gasteiger partial charge in [-0.2, -0.15) is 0 Å². The molecule has 5 aromatic carbocycles. The Balaban J connectivity index is 1.34. The molecule has 0 bridgehead atoms. The molecule has 5 aromatic rings. The summed E-state index contributed by atoms with van der Waals surface area (Å²) in [6.45, 7) is 3.06. The van der Waals surface area contributed by atoms with Crippen LogP contribution in [0.3, 0.4) is 0 Å². The van der Waals surface area contributed by atoms with E-state index in [0.717, 1.165) is 18.8 Å². The monoisotopic (exact) mass is 488 g/mol. The number of rotatable bonds is 13. The van der Waals surface area contributed by atoms with Crippen molar-refractivity contribution in [1.82, 2.24) is 0 Å². The maximum Gasteiger partial charge on any atom is 0.127 e. The minimum absolute atomic E-state index is 0.773. The van der Waals surface area contributed by atoms with Gasteiger partial charge in [0, 0.05) is 5.56 Å². The predicted octanol–water partition coefficient (Wildman–Crippen LogP) is 11.1. The quantitative estimate of drug-likeness (QED) is 0.118. The van der Waals surface area contributed by atoms with Crippen molar-refractivity contribution < 1.29 is 4.74 Å². The van der Waals surface area contributed by atoms with Crippen molar-refractivity contribution in [2.75, 3.05) is 6.61 Å². The van der Waals surface area contributed by atoms with Crippen molar-refractivity contribution in [3.05, 3.63) is 91.0 Å². The number of hydrogen-bond donors (Lipinski definition) is 0. The van der Waals surface area contributed by atoms with Gasteiger partial charge in [-0.05, 0) is 62.5 Å². The van der Waals surface area contributed by atoms with Crippen LogP contribution in [-0.4, -0.2) is 6.61 Å². The van der Waals surface area contributed by atoms with Gasteiger partial charge >= 0.3 is 0 Å². The molecule has 0 saturated heterocycles. The third kappa shape index (κ3) is 6.16. The first-order valence-corrected chi connectivity index (χ1v) is 14.4. The van der Waals surface area contributed by atoms with Crippen LogP contribution >= 0.6 is 0 Å². The zero-order valence-electron chi connectivity index (χ0n) is 22.3. The van der Waals surface area contributed by atoms with Crippen molar-refractivity contribution >= 4 is 32.3 Å². The van der Waals surface area contributed by atoms with Crippen LogP contribution in [0, 0.1) is 0 Å². The summed E-state index contributed by atoms with van der Waals surface area (Å²) in [4.78, 5) is 0. The number of unbranched alkanes of at least 4 members (excludes halogenated alkanes) is 9. The molecule has 0 spiro atoms. The first-order valence-electron chi connectivity index (χ1n) is 14.4. The van der Waals surface area contributed by atoms with Crippen molar-refractivity contribution in [3.63, 3.8) is 0 Å². The predicted molar refractivity (Wildman–Crippen MR) is 162 cm³/mol. The largest absolute Gasteiger partial charge is 0.493 e. The molecule has 0 saturated carbocycles. The minimum atomic E-state index is 0.773. The summed E-state index contributed by atoms with van der Waals surface area (Å²) in [6, 6.07) is 33.0. The zero-order valence-corrected chi connectivity index (χ0v) is 22.3. The van der Waals surface area contributed by atoms with Crippen LogP contribution in [0.25, 0.3) is 43.4 Å². The van der Waals surface area contributed by atoms with E-state index in [1.807, 2.05) is 0 Å². The van der Waals surface area contributed by atoms with Gasteiger partial charge in [-0.15, -0.1) is 0 Å². The maximum atomic E-state index is 6.51. The minimum Gasteiger partial charge on any atom is -0.493 e. The molecule has 0 fully saturated rings. The lowest BCUT2D eigenvalue weighted by atomic mass is 9.92. The smallest absolute Gasteiger partial charge is 0.127 e. The third-order valence-electron chi connectivity index (χ3n) is 7.66. The standard InChI is InChI=1S/C36H40O/c1-2-3-4-5-6-7-8-9-10-15-25-37-35-24-23-28-17-13-14-21-32(28)36(35)33-22-16-20-31-26-29-18-11-12-19-30(29)27-34(31)33/h11-14,16-24,26-27H,2-10,15,25H2,1H3. The molecule has 0 aliphatic heterocycles. The lowest BCUT2D eigenvalue weighted by molar-refractivity contribution is 0.306. The highest BCUT2D eigenvalue weighted by molar-refractivity contribution is 6.10. The molecule has 5 rings (SSSR count). The maximum absolute atomic E-state index is 6.51. The summed E-state index contributed by atoms with van der Waals surface area (Å²) < 4.78 is 6.51. The Bertz CT molecular complexity index is 1450. The molecule has 0 unspecified atom stereocenters. The Morgan fingerprint density at radius 1 is 0.486 bits per heavy atom. The zero-order chi connectivity index (χ0) is 25.3. The first-order chi connectivity index (χ1) is 18.3. The van der Waals surface area contributed by atoms with Gasteiger partial charge in [0.15, 0.2) is 0 Å². The Morgan fingerprint density at radius 2 is 1.11 bits per heavy atom. The van der Waals surface area contributed by atoms with Crippen molar-refractivity contribution in [1.29, 1.82) is 0 Å². The molecular formula is C36H40O. The normalized spacial score (nSPS) is 11.5. The van der Waals surface area contributed by atoms with E-state index in [0.29, 0.717) is 0 Å². The summed E-state index contributed by atoms with van der Waals surface area (Å²) in [5, 5.41) is 7.61. The second-order valence-electron chi connectivity index (χ2n) is 10.4. The molecule has 0 aliphatic carbocycles. The molecule has 0 aliphatic rings. The average Bonchev–Trinajstić information content (AvgIpc) is 2.94. The third-order valence-corrected chi connectivity index (χ3v) is 7.66. The Hall–Kier alpha value is -3.32. The van der Waals surface area contributed by atoms with E-state index in [2.05, 4.69) is 97.9 Å². The van der Waals surface area contributed by atoms with Gasteiger partial charge in [-0.3, -0.25) is 0 Å². The van der Waals surface area contributed by atoms with E-state index >= 15 is 0 Å². The highest BCUT2D eigenvalue weighted by atomic mass is 16.5. The average molecular weight is 489 g/mol. The topological polar surface area (TPSA) is 9.23 Å². The highest BCUT2D eigenvalue weighted by Gasteiger charge is 2.14. The number of ether oxygens (including phenoxy) is 1. The van der Waals surface area contributed by atoms with Crippen LogP contribution in [0.1, 0.15) is 71.1 Å². The summed E-state index contributed by atoms with van der Waals surface area (Å²) in [5.41, 5.74) is 2.46. The van der Waals surface area contributed by atoms with Crippen molar-refractivity contribution in [2.24, 2.45) is 0 Å². The highest BCUT2D eigenvalue weighted by Crippen LogP contribution is 2.41. The molecular weight excluding hydrogens is 448 g/mol. The molecule has 1 heteroatoms. The fourth-order valence-electron chi connectivity index (χ4n) is 5.61. The SMILES string of the molecule is CCCCCCCCCCCCOc1ccc2ccccc2c1-c1cccc2cc3ccccc3cc12. The summed E-state index contributed by atoms with van der Waals surface area (Å²) in [5.74, 6) is 0.996. The molecule has 0 heterocycles. The van der Waals surface area contributed by atoms with E-state index in [1.165, 1.54) is 101 Å².